The second-order valence-electron chi connectivity index (χ2n) is 7.05. The van der Waals surface area contributed by atoms with E-state index in [1.54, 1.807) is 0 Å². The Balaban J connectivity index is 2.35. The maximum absolute atomic E-state index is 5.74. The van der Waals surface area contributed by atoms with Gasteiger partial charge in [-0.1, -0.05) is 25.5 Å². The number of nitrogens with zero attached hydrogens (tertiary/aromatic N) is 3. The van der Waals surface area contributed by atoms with Crippen molar-refractivity contribution in [1.29, 1.82) is 0 Å². The van der Waals surface area contributed by atoms with Crippen molar-refractivity contribution < 1.29 is 0 Å². The van der Waals surface area contributed by atoms with Gasteiger partial charge in [-0.05, 0) is 63.9 Å². The summed E-state index contributed by atoms with van der Waals surface area (Å²) in [6.45, 7) is 13.2. The van der Waals surface area contributed by atoms with Gasteiger partial charge in [0.1, 0.15) is 5.82 Å². The molecule has 0 amide bonds. The van der Waals surface area contributed by atoms with Crippen molar-refractivity contribution in [2.75, 3.05) is 18.8 Å². The lowest BCUT2D eigenvalue weighted by molar-refractivity contribution is 0.222. The van der Waals surface area contributed by atoms with Crippen LogP contribution in [-0.4, -0.2) is 34.0 Å². The molecular weight excluding hydrogens is 320 g/mol. The van der Waals surface area contributed by atoms with Crippen LogP contribution in [0.3, 0.4) is 0 Å². The summed E-state index contributed by atoms with van der Waals surface area (Å²) < 4.78 is 0. The Morgan fingerprint density at radius 1 is 1.23 bits per heavy atom. The highest BCUT2D eigenvalue weighted by atomic mass is 15.1. The lowest BCUT2D eigenvalue weighted by Gasteiger charge is -2.28. The highest BCUT2D eigenvalue weighted by molar-refractivity contribution is 5.76. The van der Waals surface area contributed by atoms with Gasteiger partial charge in [0.05, 0.1) is 0 Å². The van der Waals surface area contributed by atoms with E-state index < -0.39 is 0 Å². The van der Waals surface area contributed by atoms with Crippen LogP contribution >= 0.6 is 0 Å². The van der Waals surface area contributed by atoms with E-state index >= 15 is 0 Å². The molecule has 140 valence electrons. The second-order valence-corrected chi connectivity index (χ2v) is 7.05. The minimum Gasteiger partial charge on any atom is -0.384 e. The molecule has 0 aliphatic rings. The number of hydrogen-bond donors (Lipinski definition) is 1. The van der Waals surface area contributed by atoms with Crippen LogP contribution in [0, 0.1) is 6.92 Å². The van der Waals surface area contributed by atoms with Crippen LogP contribution in [-0.2, 0) is 0 Å². The fourth-order valence-electron chi connectivity index (χ4n) is 3.19. The predicted octanol–water partition coefficient (Wildman–Crippen LogP) is 4.95. The molecule has 0 saturated carbocycles. The quantitative estimate of drug-likeness (QED) is 0.730. The van der Waals surface area contributed by atoms with E-state index in [1.807, 2.05) is 24.5 Å². The van der Waals surface area contributed by atoms with Gasteiger partial charge in [0.2, 0.25) is 0 Å². The second kappa shape index (κ2) is 9.48. The number of aromatic nitrogens is 2. The van der Waals surface area contributed by atoms with Crippen molar-refractivity contribution in [3.8, 4) is 11.1 Å². The summed E-state index contributed by atoms with van der Waals surface area (Å²) >= 11 is 0. The van der Waals surface area contributed by atoms with E-state index in [9.17, 15) is 0 Å². The molecule has 0 bridgehead atoms. The van der Waals surface area contributed by atoms with Crippen LogP contribution in [0.15, 0.2) is 36.2 Å². The van der Waals surface area contributed by atoms with Gasteiger partial charge < -0.3 is 5.73 Å². The minimum atomic E-state index is 0.538. The highest BCUT2D eigenvalue weighted by Crippen LogP contribution is 2.27. The van der Waals surface area contributed by atoms with E-state index in [0.29, 0.717) is 11.9 Å². The molecule has 4 heteroatoms. The number of aryl methyl sites for hydroxylation is 1. The first-order valence-electron chi connectivity index (χ1n) is 9.55. The lowest BCUT2D eigenvalue weighted by atomic mass is 9.98. The molecule has 2 aromatic rings. The molecule has 4 nitrogen and oxygen atoms in total. The van der Waals surface area contributed by atoms with E-state index in [4.69, 9.17) is 5.73 Å². The molecule has 0 aromatic carbocycles. The molecule has 1 unspecified atom stereocenters. The number of anilines is 1. The molecule has 0 fully saturated rings. The molecule has 0 aliphatic carbocycles. The van der Waals surface area contributed by atoms with Gasteiger partial charge in [0.25, 0.3) is 0 Å². The summed E-state index contributed by atoms with van der Waals surface area (Å²) in [4.78, 5) is 11.3. The Labute approximate surface area is 158 Å². The topological polar surface area (TPSA) is 55.0 Å². The first-order valence-corrected chi connectivity index (χ1v) is 9.55. The van der Waals surface area contributed by atoms with Gasteiger partial charge in [-0.15, -0.1) is 0 Å². The molecule has 0 aliphatic heterocycles. The Morgan fingerprint density at radius 3 is 2.62 bits per heavy atom. The van der Waals surface area contributed by atoms with E-state index in [2.05, 4.69) is 61.6 Å². The number of pyridine rings is 2. The van der Waals surface area contributed by atoms with Crippen LogP contribution in [0.25, 0.3) is 17.2 Å². The van der Waals surface area contributed by atoms with Gasteiger partial charge in [-0.3, -0.25) is 9.88 Å². The van der Waals surface area contributed by atoms with Gasteiger partial charge in [-0.25, -0.2) is 4.98 Å². The summed E-state index contributed by atoms with van der Waals surface area (Å²) in [5.41, 5.74) is 11.5. The van der Waals surface area contributed by atoms with Crippen molar-refractivity contribution in [3.63, 3.8) is 0 Å². The SMILES string of the molecule is CCCN(C/C(C)=C/c1c(-c2ccc(N)nc2)ccnc1C)C(C)CC. The van der Waals surface area contributed by atoms with Crippen LogP contribution in [0.2, 0.25) is 0 Å². The van der Waals surface area contributed by atoms with Crippen molar-refractivity contribution in [1.82, 2.24) is 14.9 Å². The molecule has 0 spiro atoms. The normalized spacial score (nSPS) is 13.2. The van der Waals surface area contributed by atoms with Crippen LogP contribution < -0.4 is 5.73 Å². The number of nitrogen functional groups attached to an aromatic ring is 1. The maximum Gasteiger partial charge on any atom is 0.123 e. The van der Waals surface area contributed by atoms with Crippen molar-refractivity contribution in [3.05, 3.63) is 47.4 Å². The van der Waals surface area contributed by atoms with E-state index in [0.717, 1.165) is 35.5 Å². The maximum atomic E-state index is 5.74. The molecule has 0 radical (unpaired) electrons. The fourth-order valence-corrected chi connectivity index (χ4v) is 3.19. The Bertz CT molecular complexity index is 734. The average molecular weight is 353 g/mol. The van der Waals surface area contributed by atoms with Crippen molar-refractivity contribution in [2.45, 2.75) is 53.5 Å². The Hall–Kier alpha value is -2.20. The third-order valence-corrected chi connectivity index (χ3v) is 4.85. The molecular formula is C22H32N4. The highest BCUT2D eigenvalue weighted by Gasteiger charge is 2.13. The van der Waals surface area contributed by atoms with Gasteiger partial charge in [-0.2, -0.15) is 0 Å². The summed E-state index contributed by atoms with van der Waals surface area (Å²) in [5.74, 6) is 0.538. The standard InChI is InChI=1S/C22H32N4/c1-6-12-26(17(4)7-2)15-16(3)13-21-18(5)24-11-10-20(21)19-8-9-22(23)25-14-19/h8-11,13-14,17H,6-7,12,15H2,1-5H3,(H2,23,25)/b16-13+. The zero-order valence-corrected chi connectivity index (χ0v) is 16.8. The molecule has 2 heterocycles. The van der Waals surface area contributed by atoms with Gasteiger partial charge in [0.15, 0.2) is 0 Å². The minimum absolute atomic E-state index is 0.538. The number of rotatable bonds is 8. The zero-order valence-electron chi connectivity index (χ0n) is 16.8. The largest absolute Gasteiger partial charge is 0.384 e. The Kier molecular flexibility index (Phi) is 7.34. The number of nitrogens with two attached hydrogens (primary N) is 1. The summed E-state index contributed by atoms with van der Waals surface area (Å²) in [7, 11) is 0. The van der Waals surface area contributed by atoms with E-state index in [-0.39, 0.29) is 0 Å². The van der Waals surface area contributed by atoms with Crippen LogP contribution in [0.4, 0.5) is 5.82 Å². The first kappa shape index (κ1) is 20.1. The summed E-state index contributed by atoms with van der Waals surface area (Å²) in [6, 6.07) is 6.51. The molecule has 0 saturated heterocycles. The molecule has 2 rings (SSSR count). The van der Waals surface area contributed by atoms with Crippen molar-refractivity contribution in [2.24, 2.45) is 0 Å². The van der Waals surface area contributed by atoms with E-state index in [1.165, 1.54) is 18.4 Å². The number of hydrogen-bond acceptors (Lipinski definition) is 4. The summed E-state index contributed by atoms with van der Waals surface area (Å²) in [5, 5.41) is 0. The van der Waals surface area contributed by atoms with Crippen molar-refractivity contribution >= 4 is 11.9 Å². The van der Waals surface area contributed by atoms with Gasteiger partial charge in [0, 0.05) is 41.8 Å². The molecule has 2 aromatic heterocycles. The first-order chi connectivity index (χ1) is 12.5. The molecule has 26 heavy (non-hydrogen) atoms. The predicted molar refractivity (Wildman–Crippen MR) is 112 cm³/mol. The van der Waals surface area contributed by atoms with Gasteiger partial charge >= 0.3 is 0 Å². The fraction of sp³-hybridized carbons (Fsp3) is 0.455. The Morgan fingerprint density at radius 2 is 2.00 bits per heavy atom. The zero-order chi connectivity index (χ0) is 19.1. The molecule has 2 N–H and O–H groups in total. The lowest BCUT2D eigenvalue weighted by Crippen LogP contribution is -2.34. The third-order valence-electron chi connectivity index (χ3n) is 4.85. The average Bonchev–Trinajstić information content (AvgIpc) is 2.63. The summed E-state index contributed by atoms with van der Waals surface area (Å²) in [6.07, 6.45) is 8.31. The monoisotopic (exact) mass is 352 g/mol. The molecule has 1 atom stereocenters. The van der Waals surface area contributed by atoms with Crippen LogP contribution in [0.5, 0.6) is 0 Å². The third kappa shape index (κ3) is 5.15. The smallest absolute Gasteiger partial charge is 0.123 e. The van der Waals surface area contributed by atoms with Crippen LogP contribution in [0.1, 0.15) is 51.8 Å².